The van der Waals surface area contributed by atoms with Crippen molar-refractivity contribution in [2.24, 2.45) is 5.73 Å². The number of rotatable bonds is 4. The summed E-state index contributed by atoms with van der Waals surface area (Å²) in [5.41, 5.74) is 8.71. The monoisotopic (exact) mass is 307 g/mol. The van der Waals surface area contributed by atoms with Gasteiger partial charge in [0.25, 0.3) is 5.56 Å². The maximum Gasteiger partial charge on any atom is 0.269 e. The molecule has 0 fully saturated rings. The van der Waals surface area contributed by atoms with Gasteiger partial charge in [0.2, 0.25) is 0 Å². The van der Waals surface area contributed by atoms with E-state index in [0.717, 1.165) is 11.1 Å². The van der Waals surface area contributed by atoms with Crippen LogP contribution in [0, 0.1) is 0 Å². The molecule has 23 heavy (non-hydrogen) atoms. The molecule has 3 N–H and O–H groups in total. The van der Waals surface area contributed by atoms with Crippen molar-refractivity contribution in [3.8, 4) is 17.0 Å². The first-order chi connectivity index (χ1) is 11.2. The number of aromatic nitrogens is 2. The van der Waals surface area contributed by atoms with Gasteiger partial charge in [0.1, 0.15) is 5.75 Å². The number of ether oxygens (including phenoxy) is 1. The molecule has 1 aromatic heterocycles. The fraction of sp³-hybridized carbons (Fsp3) is 0.111. The smallest absolute Gasteiger partial charge is 0.269 e. The molecule has 1 atom stereocenters. The molecule has 2 aromatic carbocycles. The van der Waals surface area contributed by atoms with E-state index in [9.17, 15) is 4.79 Å². The number of methoxy groups -OCH3 is 1. The Labute approximate surface area is 133 Å². The lowest BCUT2D eigenvalue weighted by Crippen LogP contribution is -2.23. The summed E-state index contributed by atoms with van der Waals surface area (Å²) in [4.78, 5) is 12.1. The van der Waals surface area contributed by atoms with Gasteiger partial charge in [0, 0.05) is 11.1 Å². The number of para-hydroxylation sites is 1. The molecule has 0 spiro atoms. The van der Waals surface area contributed by atoms with E-state index in [1.807, 2.05) is 54.6 Å². The summed E-state index contributed by atoms with van der Waals surface area (Å²) >= 11 is 0. The second-order valence-corrected chi connectivity index (χ2v) is 5.13. The summed E-state index contributed by atoms with van der Waals surface area (Å²) in [7, 11) is 1.60. The third-order valence-electron chi connectivity index (χ3n) is 3.71. The predicted molar refractivity (Wildman–Crippen MR) is 89.3 cm³/mol. The van der Waals surface area contributed by atoms with Gasteiger partial charge in [-0.15, -0.1) is 0 Å². The highest BCUT2D eigenvalue weighted by Crippen LogP contribution is 2.28. The Kier molecular flexibility index (Phi) is 4.21. The van der Waals surface area contributed by atoms with Gasteiger partial charge < -0.3 is 10.5 Å². The number of aromatic amines is 1. The van der Waals surface area contributed by atoms with E-state index in [4.69, 9.17) is 10.5 Å². The molecule has 1 heterocycles. The van der Waals surface area contributed by atoms with E-state index in [-0.39, 0.29) is 5.56 Å². The molecule has 3 rings (SSSR count). The van der Waals surface area contributed by atoms with Crippen molar-refractivity contribution in [3.63, 3.8) is 0 Å². The van der Waals surface area contributed by atoms with Crippen LogP contribution in [-0.4, -0.2) is 17.3 Å². The van der Waals surface area contributed by atoms with Crippen LogP contribution in [0.2, 0.25) is 0 Å². The highest BCUT2D eigenvalue weighted by Gasteiger charge is 2.16. The van der Waals surface area contributed by atoms with Crippen LogP contribution < -0.4 is 16.0 Å². The lowest BCUT2D eigenvalue weighted by Gasteiger charge is -2.13. The van der Waals surface area contributed by atoms with Crippen LogP contribution >= 0.6 is 0 Å². The Balaban J connectivity index is 2.08. The van der Waals surface area contributed by atoms with Gasteiger partial charge in [-0.25, -0.2) is 5.10 Å². The second-order valence-electron chi connectivity index (χ2n) is 5.13. The number of nitrogens with zero attached hydrogens (tertiary/aromatic N) is 1. The lowest BCUT2D eigenvalue weighted by molar-refractivity contribution is 0.416. The van der Waals surface area contributed by atoms with Crippen LogP contribution in [0.3, 0.4) is 0 Å². The minimum absolute atomic E-state index is 0.292. The summed E-state index contributed by atoms with van der Waals surface area (Å²) in [6.07, 6.45) is 0. The standard InChI is InChI=1S/C18H17N3O2/c1-23-16-10-6-5-9-13(16)15-11-14(18(22)21-20-15)17(19)12-7-3-2-4-8-12/h2-11,17H,19H2,1H3,(H,21,22). The highest BCUT2D eigenvalue weighted by atomic mass is 16.5. The van der Waals surface area contributed by atoms with Crippen molar-refractivity contribution in [1.82, 2.24) is 10.2 Å². The van der Waals surface area contributed by atoms with Gasteiger partial charge in [0.15, 0.2) is 0 Å². The zero-order valence-corrected chi connectivity index (χ0v) is 12.7. The topological polar surface area (TPSA) is 81.0 Å². The number of nitrogens with one attached hydrogen (secondary N) is 1. The van der Waals surface area contributed by atoms with Crippen LogP contribution in [0.1, 0.15) is 17.2 Å². The molecular formula is C18H17N3O2. The number of hydrogen-bond donors (Lipinski definition) is 2. The minimum Gasteiger partial charge on any atom is -0.496 e. The first kappa shape index (κ1) is 15.0. The van der Waals surface area contributed by atoms with Crippen LogP contribution in [0.25, 0.3) is 11.3 Å². The van der Waals surface area contributed by atoms with Crippen molar-refractivity contribution in [2.75, 3.05) is 7.11 Å². The van der Waals surface area contributed by atoms with Gasteiger partial charge in [-0.05, 0) is 23.8 Å². The SMILES string of the molecule is COc1ccccc1-c1cc(C(N)c2ccccc2)c(=O)[nH]n1. The molecule has 0 radical (unpaired) electrons. The fourth-order valence-corrected chi connectivity index (χ4v) is 2.49. The van der Waals surface area contributed by atoms with Crippen LogP contribution in [0.5, 0.6) is 5.75 Å². The molecule has 0 saturated carbocycles. The van der Waals surface area contributed by atoms with Gasteiger partial charge in [-0.3, -0.25) is 4.79 Å². The van der Waals surface area contributed by atoms with Crippen LogP contribution in [-0.2, 0) is 0 Å². The number of nitrogens with two attached hydrogens (primary N) is 1. The van der Waals surface area contributed by atoms with Crippen molar-refractivity contribution < 1.29 is 4.74 Å². The quantitative estimate of drug-likeness (QED) is 0.776. The maximum absolute atomic E-state index is 12.1. The molecule has 1 unspecified atom stereocenters. The summed E-state index contributed by atoms with van der Waals surface area (Å²) in [6.45, 7) is 0. The van der Waals surface area contributed by atoms with Gasteiger partial charge >= 0.3 is 0 Å². The number of H-pyrrole nitrogens is 1. The first-order valence-corrected chi connectivity index (χ1v) is 7.24. The largest absolute Gasteiger partial charge is 0.496 e. The van der Waals surface area contributed by atoms with E-state index in [1.165, 1.54) is 0 Å². The Morgan fingerprint density at radius 1 is 1.09 bits per heavy atom. The second kappa shape index (κ2) is 6.46. The zero-order valence-electron chi connectivity index (χ0n) is 12.7. The first-order valence-electron chi connectivity index (χ1n) is 7.24. The molecule has 0 saturated heterocycles. The molecule has 0 bridgehead atoms. The summed E-state index contributed by atoms with van der Waals surface area (Å²) in [6, 6.07) is 18.2. The summed E-state index contributed by atoms with van der Waals surface area (Å²) < 4.78 is 5.35. The Bertz CT molecular complexity index is 859. The molecule has 0 amide bonds. The molecule has 3 aromatic rings. The van der Waals surface area contributed by atoms with Crippen LogP contribution in [0.4, 0.5) is 0 Å². The molecule has 116 valence electrons. The molecule has 5 nitrogen and oxygen atoms in total. The maximum atomic E-state index is 12.1. The average Bonchev–Trinajstić information content (AvgIpc) is 2.62. The molecule has 5 heteroatoms. The average molecular weight is 307 g/mol. The Hall–Kier alpha value is -2.92. The summed E-state index contributed by atoms with van der Waals surface area (Å²) in [5, 5.41) is 6.65. The number of benzene rings is 2. The van der Waals surface area contributed by atoms with E-state index < -0.39 is 6.04 Å². The Morgan fingerprint density at radius 2 is 1.78 bits per heavy atom. The third kappa shape index (κ3) is 3.00. The highest BCUT2D eigenvalue weighted by molar-refractivity contribution is 5.67. The van der Waals surface area contributed by atoms with Gasteiger partial charge in [0.05, 0.1) is 18.8 Å². The molecule has 0 aliphatic heterocycles. The van der Waals surface area contributed by atoms with E-state index in [0.29, 0.717) is 17.0 Å². The van der Waals surface area contributed by atoms with Crippen molar-refractivity contribution in [3.05, 3.63) is 82.1 Å². The fourth-order valence-electron chi connectivity index (χ4n) is 2.49. The van der Waals surface area contributed by atoms with Gasteiger partial charge in [-0.2, -0.15) is 5.10 Å². The van der Waals surface area contributed by atoms with Crippen molar-refractivity contribution >= 4 is 0 Å². The van der Waals surface area contributed by atoms with E-state index >= 15 is 0 Å². The lowest BCUT2D eigenvalue weighted by atomic mass is 9.99. The Morgan fingerprint density at radius 3 is 2.52 bits per heavy atom. The van der Waals surface area contributed by atoms with Gasteiger partial charge in [-0.1, -0.05) is 42.5 Å². The predicted octanol–water partition coefficient (Wildman–Crippen LogP) is 2.49. The van der Waals surface area contributed by atoms with E-state index in [2.05, 4.69) is 10.2 Å². The molecule has 0 aliphatic carbocycles. The normalized spacial score (nSPS) is 11.9. The van der Waals surface area contributed by atoms with E-state index in [1.54, 1.807) is 13.2 Å². The third-order valence-corrected chi connectivity index (χ3v) is 3.71. The van der Waals surface area contributed by atoms with Crippen molar-refractivity contribution in [2.45, 2.75) is 6.04 Å². The molecular weight excluding hydrogens is 290 g/mol. The molecule has 0 aliphatic rings. The van der Waals surface area contributed by atoms with Crippen molar-refractivity contribution in [1.29, 1.82) is 0 Å². The minimum atomic E-state index is -0.517. The zero-order chi connectivity index (χ0) is 16.2. The summed E-state index contributed by atoms with van der Waals surface area (Å²) in [5.74, 6) is 0.686. The van der Waals surface area contributed by atoms with Crippen LogP contribution in [0.15, 0.2) is 65.5 Å². The number of hydrogen-bond acceptors (Lipinski definition) is 4.